The van der Waals surface area contributed by atoms with Crippen LogP contribution in [0.3, 0.4) is 0 Å². The summed E-state index contributed by atoms with van der Waals surface area (Å²) in [6.45, 7) is 9.41. The number of allylic oxidation sites excluding steroid dienone is 1. The lowest BCUT2D eigenvalue weighted by molar-refractivity contribution is -0.143. The van der Waals surface area contributed by atoms with E-state index >= 15 is 0 Å². The summed E-state index contributed by atoms with van der Waals surface area (Å²) in [6.07, 6.45) is 4.17. The molecule has 0 spiro atoms. The van der Waals surface area contributed by atoms with Crippen LogP contribution >= 0.6 is 0 Å². The van der Waals surface area contributed by atoms with Crippen LogP contribution in [0.5, 0.6) is 0 Å². The lowest BCUT2D eigenvalue weighted by Crippen LogP contribution is -2.19. The molecule has 0 aromatic heterocycles. The average molecular weight is 240 g/mol. The van der Waals surface area contributed by atoms with E-state index in [1.54, 1.807) is 0 Å². The molecule has 92 valence electrons. The summed E-state index contributed by atoms with van der Waals surface area (Å²) in [4.78, 5) is 11.5. The van der Waals surface area contributed by atoms with Crippen molar-refractivity contribution < 1.29 is 9.53 Å². The van der Waals surface area contributed by atoms with Gasteiger partial charge in [0.2, 0.25) is 0 Å². The van der Waals surface area contributed by atoms with Crippen molar-refractivity contribution in [1.29, 1.82) is 0 Å². The molecule has 0 aromatic carbocycles. The van der Waals surface area contributed by atoms with Crippen LogP contribution in [0.25, 0.3) is 0 Å². The Morgan fingerprint density at radius 2 is 2.19 bits per heavy atom. The van der Waals surface area contributed by atoms with E-state index in [-0.39, 0.29) is 5.97 Å². The monoisotopic (exact) mass is 240 g/mol. The molecule has 3 heteroatoms. The van der Waals surface area contributed by atoms with Crippen molar-refractivity contribution in [3.8, 4) is 0 Å². The highest BCUT2D eigenvalue weighted by atomic mass is 28.3. The maximum Gasteiger partial charge on any atom is 0.306 e. The van der Waals surface area contributed by atoms with Crippen LogP contribution in [-0.2, 0) is 9.53 Å². The number of carbonyl (C=O) groups excluding carboxylic acids is 1. The minimum absolute atomic E-state index is 0.0316. The van der Waals surface area contributed by atoms with Crippen LogP contribution in [0.4, 0.5) is 0 Å². The fourth-order valence-corrected chi connectivity index (χ4v) is 3.83. The molecule has 1 aliphatic rings. The van der Waals surface area contributed by atoms with Crippen molar-refractivity contribution in [2.45, 2.75) is 52.2 Å². The predicted molar refractivity (Wildman–Crippen MR) is 70.0 cm³/mol. The van der Waals surface area contributed by atoms with Gasteiger partial charge in [0.05, 0.1) is 21.1 Å². The SMILES string of the molecule is CCOC(=O)CC1CCCC1=C[Si](C)(C)C. The standard InChI is InChI=1S/C13H24O2Si/c1-5-15-13(14)9-11-7-6-8-12(11)10-16(2,3)4/h10-11H,5-9H2,1-4H3. The molecular formula is C13H24O2Si. The zero-order valence-corrected chi connectivity index (χ0v) is 12.0. The van der Waals surface area contributed by atoms with Crippen molar-refractivity contribution in [2.24, 2.45) is 5.92 Å². The zero-order chi connectivity index (χ0) is 12.2. The van der Waals surface area contributed by atoms with Crippen LogP contribution in [0.1, 0.15) is 32.6 Å². The van der Waals surface area contributed by atoms with E-state index in [0.717, 1.165) is 6.42 Å². The Labute approximate surface area is 100 Å². The third-order valence-corrected chi connectivity index (χ3v) is 4.12. The van der Waals surface area contributed by atoms with Crippen LogP contribution < -0.4 is 0 Å². The summed E-state index contributed by atoms with van der Waals surface area (Å²) >= 11 is 0. The van der Waals surface area contributed by atoms with Crippen molar-refractivity contribution in [3.05, 3.63) is 11.3 Å². The van der Waals surface area contributed by atoms with E-state index in [0.29, 0.717) is 18.9 Å². The second-order valence-corrected chi connectivity index (χ2v) is 10.7. The Kier molecular flexibility index (Phi) is 4.78. The Hall–Kier alpha value is -0.573. The molecule has 0 amide bonds. The van der Waals surface area contributed by atoms with Gasteiger partial charge in [-0.2, -0.15) is 0 Å². The summed E-state index contributed by atoms with van der Waals surface area (Å²) < 4.78 is 5.03. The number of carbonyl (C=O) groups is 1. The van der Waals surface area contributed by atoms with Gasteiger partial charge in [0.25, 0.3) is 0 Å². The number of rotatable bonds is 4. The summed E-state index contributed by atoms with van der Waals surface area (Å²) in [6, 6.07) is 0. The maximum atomic E-state index is 11.5. The first-order chi connectivity index (χ1) is 7.42. The molecule has 0 bridgehead atoms. The summed E-state index contributed by atoms with van der Waals surface area (Å²) in [5.41, 5.74) is 4.00. The third-order valence-electron chi connectivity index (χ3n) is 2.88. The van der Waals surface area contributed by atoms with Gasteiger partial charge in [-0.25, -0.2) is 0 Å². The van der Waals surface area contributed by atoms with Gasteiger partial charge < -0.3 is 4.74 Å². The molecule has 1 saturated carbocycles. The lowest BCUT2D eigenvalue weighted by Gasteiger charge is -2.16. The largest absolute Gasteiger partial charge is 0.466 e. The predicted octanol–water partition coefficient (Wildman–Crippen LogP) is 3.54. The molecule has 1 rings (SSSR count). The van der Waals surface area contributed by atoms with Crippen molar-refractivity contribution in [2.75, 3.05) is 6.61 Å². The molecule has 1 fully saturated rings. The van der Waals surface area contributed by atoms with Crippen molar-refractivity contribution in [3.63, 3.8) is 0 Å². The van der Waals surface area contributed by atoms with Crippen molar-refractivity contribution in [1.82, 2.24) is 0 Å². The normalized spacial score (nSPS) is 23.8. The highest BCUT2D eigenvalue weighted by molar-refractivity contribution is 6.81. The van der Waals surface area contributed by atoms with E-state index in [1.807, 2.05) is 6.92 Å². The fraction of sp³-hybridized carbons (Fsp3) is 0.769. The van der Waals surface area contributed by atoms with E-state index in [2.05, 4.69) is 25.3 Å². The van der Waals surface area contributed by atoms with Crippen LogP contribution in [0.2, 0.25) is 19.6 Å². The van der Waals surface area contributed by atoms with E-state index in [1.165, 1.54) is 18.4 Å². The Morgan fingerprint density at radius 3 is 2.75 bits per heavy atom. The second kappa shape index (κ2) is 5.67. The van der Waals surface area contributed by atoms with E-state index in [4.69, 9.17) is 4.74 Å². The minimum Gasteiger partial charge on any atom is -0.466 e. The number of hydrogen-bond donors (Lipinski definition) is 0. The zero-order valence-electron chi connectivity index (χ0n) is 11.0. The number of esters is 1. The van der Waals surface area contributed by atoms with Gasteiger partial charge in [0.15, 0.2) is 0 Å². The first-order valence-electron chi connectivity index (χ1n) is 6.29. The first-order valence-corrected chi connectivity index (χ1v) is 9.87. The van der Waals surface area contributed by atoms with E-state index < -0.39 is 8.07 Å². The van der Waals surface area contributed by atoms with Crippen LogP contribution in [0, 0.1) is 5.92 Å². The molecule has 0 saturated heterocycles. The lowest BCUT2D eigenvalue weighted by atomic mass is 10.0. The average Bonchev–Trinajstić information content (AvgIpc) is 2.50. The molecule has 0 radical (unpaired) electrons. The molecule has 0 N–H and O–H groups in total. The first kappa shape index (κ1) is 13.5. The Morgan fingerprint density at radius 1 is 1.50 bits per heavy atom. The Bertz CT molecular complexity index is 276. The molecule has 0 aromatic rings. The third kappa shape index (κ3) is 4.52. The molecule has 2 nitrogen and oxygen atoms in total. The van der Waals surface area contributed by atoms with Gasteiger partial charge in [-0.1, -0.05) is 30.9 Å². The summed E-state index contributed by atoms with van der Waals surface area (Å²) in [5.74, 6) is 0.432. The second-order valence-electron chi connectivity index (χ2n) is 5.68. The molecule has 1 aliphatic carbocycles. The molecule has 0 aliphatic heterocycles. The molecule has 1 unspecified atom stereocenters. The van der Waals surface area contributed by atoms with E-state index in [9.17, 15) is 4.79 Å². The minimum atomic E-state index is -1.15. The number of ether oxygens (including phenoxy) is 1. The summed E-state index contributed by atoms with van der Waals surface area (Å²) in [7, 11) is -1.15. The van der Waals surface area contributed by atoms with Crippen molar-refractivity contribution >= 4 is 14.0 Å². The van der Waals surface area contributed by atoms with Gasteiger partial charge in [0, 0.05) is 0 Å². The van der Waals surface area contributed by atoms with Gasteiger partial charge >= 0.3 is 5.97 Å². The quantitative estimate of drug-likeness (QED) is 0.555. The fourth-order valence-electron chi connectivity index (χ4n) is 2.34. The van der Waals surface area contributed by atoms with Gasteiger partial charge in [-0.15, -0.1) is 0 Å². The Balaban J connectivity index is 2.59. The highest BCUT2D eigenvalue weighted by Crippen LogP contribution is 2.34. The van der Waals surface area contributed by atoms with Crippen LogP contribution in [-0.4, -0.2) is 20.7 Å². The molecule has 16 heavy (non-hydrogen) atoms. The maximum absolute atomic E-state index is 11.5. The van der Waals surface area contributed by atoms with Gasteiger partial charge in [-0.05, 0) is 32.1 Å². The smallest absolute Gasteiger partial charge is 0.306 e. The molecule has 0 heterocycles. The summed E-state index contributed by atoms with van der Waals surface area (Å²) in [5, 5.41) is 0. The molecule has 1 atom stereocenters. The molecular weight excluding hydrogens is 216 g/mol. The van der Waals surface area contributed by atoms with Gasteiger partial charge in [-0.3, -0.25) is 4.79 Å². The topological polar surface area (TPSA) is 26.3 Å². The van der Waals surface area contributed by atoms with Gasteiger partial charge in [0.1, 0.15) is 0 Å². The number of hydrogen-bond acceptors (Lipinski definition) is 2. The highest BCUT2D eigenvalue weighted by Gasteiger charge is 2.25. The van der Waals surface area contributed by atoms with Crippen LogP contribution in [0.15, 0.2) is 11.3 Å².